The fraction of sp³-hybridized carbons (Fsp3) is 0.684. The Kier molecular flexibility index (Phi) is 5.43. The lowest BCUT2D eigenvalue weighted by molar-refractivity contribution is 0.0980. The summed E-state index contributed by atoms with van der Waals surface area (Å²) in [5.41, 5.74) is 1.53. The molecule has 1 aliphatic rings. The van der Waals surface area contributed by atoms with Crippen molar-refractivity contribution in [2.24, 2.45) is 23.2 Å². The molecule has 1 saturated carbocycles. The Balaban J connectivity index is 2.10. The lowest BCUT2D eigenvalue weighted by atomic mass is 9.64. The minimum atomic E-state index is -0.110. The first-order valence-electron chi connectivity index (χ1n) is 8.29. The molecular weight excluding hydrogens is 261 g/mol. The van der Waals surface area contributed by atoms with Gasteiger partial charge in [0, 0.05) is 0 Å². The van der Waals surface area contributed by atoms with Crippen LogP contribution < -0.4 is 5.32 Å². The first-order valence-corrected chi connectivity index (χ1v) is 8.29. The van der Waals surface area contributed by atoms with Crippen molar-refractivity contribution in [2.75, 3.05) is 13.6 Å². The molecule has 0 aromatic heterocycles. The molecule has 0 bridgehead atoms. The fourth-order valence-corrected chi connectivity index (χ4v) is 3.86. The molecule has 2 rings (SSSR count). The van der Waals surface area contributed by atoms with Crippen molar-refractivity contribution in [3.05, 3.63) is 35.6 Å². The van der Waals surface area contributed by atoms with Crippen molar-refractivity contribution < 1.29 is 4.39 Å². The van der Waals surface area contributed by atoms with Crippen LogP contribution in [0.4, 0.5) is 4.39 Å². The summed E-state index contributed by atoms with van der Waals surface area (Å²) >= 11 is 0. The summed E-state index contributed by atoms with van der Waals surface area (Å²) in [6, 6.07) is 7.15. The highest BCUT2D eigenvalue weighted by Crippen LogP contribution is 2.43. The SMILES string of the molecule is CNCC1CCC(C(C)(C)C)CC1Cc1cccc(F)c1. The van der Waals surface area contributed by atoms with Gasteiger partial charge in [-0.1, -0.05) is 32.9 Å². The lowest BCUT2D eigenvalue weighted by Crippen LogP contribution is -2.36. The van der Waals surface area contributed by atoms with Gasteiger partial charge in [-0.25, -0.2) is 4.39 Å². The smallest absolute Gasteiger partial charge is 0.123 e. The molecular formula is C19H30FN. The summed E-state index contributed by atoms with van der Waals surface area (Å²) in [6.07, 6.45) is 4.90. The third-order valence-corrected chi connectivity index (χ3v) is 5.22. The third-order valence-electron chi connectivity index (χ3n) is 5.22. The Morgan fingerprint density at radius 1 is 1.19 bits per heavy atom. The van der Waals surface area contributed by atoms with Crippen LogP contribution in [0.15, 0.2) is 24.3 Å². The van der Waals surface area contributed by atoms with Crippen molar-refractivity contribution in [1.29, 1.82) is 0 Å². The number of rotatable bonds is 4. The van der Waals surface area contributed by atoms with Gasteiger partial charge in [-0.15, -0.1) is 0 Å². The maximum atomic E-state index is 13.4. The van der Waals surface area contributed by atoms with Gasteiger partial charge in [-0.2, -0.15) is 0 Å². The van der Waals surface area contributed by atoms with E-state index in [9.17, 15) is 4.39 Å². The predicted molar refractivity (Wildman–Crippen MR) is 87.8 cm³/mol. The van der Waals surface area contributed by atoms with Crippen molar-refractivity contribution in [3.63, 3.8) is 0 Å². The summed E-state index contributed by atoms with van der Waals surface area (Å²) < 4.78 is 13.4. The highest BCUT2D eigenvalue weighted by Gasteiger charge is 2.35. The molecule has 1 nitrogen and oxygen atoms in total. The second-order valence-corrected chi connectivity index (χ2v) is 7.79. The molecule has 2 heteroatoms. The van der Waals surface area contributed by atoms with Crippen LogP contribution in [0.2, 0.25) is 0 Å². The van der Waals surface area contributed by atoms with Gasteiger partial charge < -0.3 is 5.32 Å². The van der Waals surface area contributed by atoms with E-state index in [4.69, 9.17) is 0 Å². The van der Waals surface area contributed by atoms with Crippen LogP contribution in [-0.4, -0.2) is 13.6 Å². The van der Waals surface area contributed by atoms with Gasteiger partial charge >= 0.3 is 0 Å². The van der Waals surface area contributed by atoms with Crippen molar-refractivity contribution in [1.82, 2.24) is 5.32 Å². The Morgan fingerprint density at radius 2 is 1.95 bits per heavy atom. The monoisotopic (exact) mass is 291 g/mol. The molecule has 0 heterocycles. The molecule has 1 fully saturated rings. The van der Waals surface area contributed by atoms with Crippen molar-refractivity contribution >= 4 is 0 Å². The molecule has 0 saturated heterocycles. The molecule has 3 unspecified atom stereocenters. The van der Waals surface area contributed by atoms with Crippen molar-refractivity contribution in [3.8, 4) is 0 Å². The number of benzene rings is 1. The zero-order valence-electron chi connectivity index (χ0n) is 14.0. The standard InChI is InChI=1S/C19H30FN/c1-19(2,3)17-9-8-15(13-21-4)16(12-17)10-14-6-5-7-18(20)11-14/h5-7,11,15-17,21H,8-10,12-13H2,1-4H3. The first kappa shape index (κ1) is 16.5. The molecule has 21 heavy (non-hydrogen) atoms. The highest BCUT2D eigenvalue weighted by molar-refractivity contribution is 5.17. The van der Waals surface area contributed by atoms with Crippen LogP contribution in [0, 0.1) is 29.0 Å². The average Bonchev–Trinajstić information content (AvgIpc) is 2.40. The molecule has 1 aromatic carbocycles. The zero-order chi connectivity index (χ0) is 15.5. The van der Waals surface area contributed by atoms with Crippen LogP contribution >= 0.6 is 0 Å². The molecule has 1 aromatic rings. The van der Waals surface area contributed by atoms with E-state index in [-0.39, 0.29) is 5.82 Å². The van der Waals surface area contributed by atoms with Gasteiger partial charge in [-0.05, 0) is 80.1 Å². The maximum Gasteiger partial charge on any atom is 0.123 e. The largest absolute Gasteiger partial charge is 0.319 e. The maximum absolute atomic E-state index is 13.4. The molecule has 0 radical (unpaired) electrons. The van der Waals surface area contributed by atoms with E-state index < -0.39 is 0 Å². The minimum absolute atomic E-state index is 0.110. The zero-order valence-corrected chi connectivity index (χ0v) is 14.0. The van der Waals surface area contributed by atoms with Gasteiger partial charge in [0.1, 0.15) is 5.82 Å². The Bertz CT molecular complexity index is 449. The number of nitrogens with one attached hydrogen (secondary N) is 1. The molecule has 1 aliphatic carbocycles. The second kappa shape index (κ2) is 6.91. The van der Waals surface area contributed by atoms with E-state index in [2.05, 4.69) is 32.2 Å². The van der Waals surface area contributed by atoms with Gasteiger partial charge in [0.25, 0.3) is 0 Å². The third kappa shape index (κ3) is 4.54. The van der Waals surface area contributed by atoms with Crippen molar-refractivity contribution in [2.45, 2.75) is 46.5 Å². The van der Waals surface area contributed by atoms with Crippen LogP contribution in [0.1, 0.15) is 45.6 Å². The minimum Gasteiger partial charge on any atom is -0.319 e. The van der Waals surface area contributed by atoms with E-state index >= 15 is 0 Å². The molecule has 118 valence electrons. The van der Waals surface area contributed by atoms with Gasteiger partial charge in [0.2, 0.25) is 0 Å². The Hall–Kier alpha value is -0.890. The summed E-state index contributed by atoms with van der Waals surface area (Å²) in [6.45, 7) is 8.15. The first-order chi connectivity index (χ1) is 9.90. The van der Waals surface area contributed by atoms with E-state index in [0.717, 1.165) is 30.4 Å². The molecule has 0 aliphatic heterocycles. The fourth-order valence-electron chi connectivity index (χ4n) is 3.86. The van der Waals surface area contributed by atoms with Crippen LogP contribution in [-0.2, 0) is 6.42 Å². The molecule has 0 amide bonds. The van der Waals surface area contributed by atoms with Crippen LogP contribution in [0.3, 0.4) is 0 Å². The molecule has 1 N–H and O–H groups in total. The van der Waals surface area contributed by atoms with E-state index in [0.29, 0.717) is 11.3 Å². The summed E-state index contributed by atoms with van der Waals surface area (Å²) in [7, 11) is 2.04. The Labute approximate surface area is 129 Å². The number of halogens is 1. The lowest BCUT2D eigenvalue weighted by Gasteiger charge is -2.42. The number of hydrogen-bond donors (Lipinski definition) is 1. The highest BCUT2D eigenvalue weighted by atomic mass is 19.1. The van der Waals surface area contributed by atoms with Crippen LogP contribution in [0.25, 0.3) is 0 Å². The van der Waals surface area contributed by atoms with Gasteiger partial charge in [0.15, 0.2) is 0 Å². The van der Waals surface area contributed by atoms with Gasteiger partial charge in [-0.3, -0.25) is 0 Å². The molecule has 3 atom stereocenters. The Morgan fingerprint density at radius 3 is 2.57 bits per heavy atom. The quantitative estimate of drug-likeness (QED) is 0.850. The van der Waals surface area contributed by atoms with E-state index in [1.807, 2.05) is 13.1 Å². The van der Waals surface area contributed by atoms with Crippen LogP contribution in [0.5, 0.6) is 0 Å². The summed E-state index contributed by atoms with van der Waals surface area (Å²) in [4.78, 5) is 0. The topological polar surface area (TPSA) is 12.0 Å². The second-order valence-electron chi connectivity index (χ2n) is 7.79. The summed E-state index contributed by atoms with van der Waals surface area (Å²) in [5.74, 6) is 2.05. The van der Waals surface area contributed by atoms with E-state index in [1.54, 1.807) is 6.07 Å². The van der Waals surface area contributed by atoms with E-state index in [1.165, 1.54) is 25.3 Å². The normalized spacial score (nSPS) is 26.8. The number of hydrogen-bond acceptors (Lipinski definition) is 1. The predicted octanol–water partition coefficient (Wildman–Crippen LogP) is 4.67. The molecule has 0 spiro atoms. The average molecular weight is 291 g/mol. The summed E-state index contributed by atoms with van der Waals surface area (Å²) in [5, 5.41) is 3.34. The van der Waals surface area contributed by atoms with Gasteiger partial charge in [0.05, 0.1) is 0 Å².